The second-order valence-electron chi connectivity index (χ2n) is 9.18. The molecule has 1 atom stereocenters. The normalized spacial score (nSPS) is 12.0. The van der Waals surface area contributed by atoms with E-state index in [1.165, 1.54) is 83.5 Å². The van der Waals surface area contributed by atoms with Crippen molar-refractivity contribution >= 4 is 11.9 Å². The summed E-state index contributed by atoms with van der Waals surface area (Å²) >= 11 is 0. The number of rotatable bonds is 24. The van der Waals surface area contributed by atoms with E-state index in [1.807, 2.05) is 0 Å². The highest BCUT2D eigenvalue weighted by Crippen LogP contribution is 2.12. The van der Waals surface area contributed by atoms with Crippen LogP contribution in [0, 0.1) is 0 Å². The Bertz CT molecular complexity index is 424. The molecule has 1 N–H and O–H groups in total. The molecule has 0 aromatic rings. The van der Waals surface area contributed by atoms with E-state index in [-0.39, 0.29) is 25.2 Å². The molecule has 0 aliphatic heterocycles. The second-order valence-corrected chi connectivity index (χ2v) is 9.18. The zero-order valence-electron chi connectivity index (χ0n) is 21.2. The predicted molar refractivity (Wildman–Crippen MR) is 132 cm³/mol. The maximum Gasteiger partial charge on any atom is 0.305 e. The average molecular weight is 457 g/mol. The molecule has 32 heavy (non-hydrogen) atoms. The van der Waals surface area contributed by atoms with Gasteiger partial charge in [0.2, 0.25) is 0 Å². The van der Waals surface area contributed by atoms with Crippen molar-refractivity contribution < 1.29 is 24.2 Å². The molecule has 0 heterocycles. The molecule has 0 bridgehead atoms. The summed E-state index contributed by atoms with van der Waals surface area (Å²) in [6.07, 6.45) is 21.5. The molecule has 0 unspecified atom stereocenters. The van der Waals surface area contributed by atoms with E-state index in [4.69, 9.17) is 9.47 Å². The summed E-state index contributed by atoms with van der Waals surface area (Å²) in [7, 11) is 0. The number of esters is 2. The van der Waals surface area contributed by atoms with Crippen LogP contribution in [0.5, 0.6) is 0 Å². The minimum Gasteiger partial charge on any atom is -0.463 e. The first-order chi connectivity index (χ1) is 15.6. The molecular formula is C27H52O5. The Morgan fingerprint density at radius 3 is 1.12 bits per heavy atom. The van der Waals surface area contributed by atoms with Crippen LogP contribution >= 0.6 is 0 Å². The molecule has 0 aliphatic rings. The zero-order chi connectivity index (χ0) is 23.7. The van der Waals surface area contributed by atoms with Crippen molar-refractivity contribution in [2.75, 3.05) is 13.2 Å². The fourth-order valence-electron chi connectivity index (χ4n) is 3.73. The highest BCUT2D eigenvalue weighted by molar-refractivity contribution is 5.69. The summed E-state index contributed by atoms with van der Waals surface area (Å²) < 4.78 is 10.2. The Kier molecular flexibility index (Phi) is 23.7. The fourth-order valence-corrected chi connectivity index (χ4v) is 3.73. The summed E-state index contributed by atoms with van der Waals surface area (Å²) in [4.78, 5) is 23.5. The molecule has 0 saturated heterocycles. The van der Waals surface area contributed by atoms with Crippen LogP contribution in [0.25, 0.3) is 0 Å². The van der Waals surface area contributed by atoms with Crippen molar-refractivity contribution in [2.45, 2.75) is 148 Å². The molecular weight excluding hydrogens is 404 g/mol. The van der Waals surface area contributed by atoms with Crippen molar-refractivity contribution in [2.24, 2.45) is 0 Å². The SMILES string of the molecule is CCCCCCCCCCCCCC(=O)OC[C@@H](O)COC(=O)CCCCCCCCC. The number of carbonyl (C=O) groups excluding carboxylic acids is 2. The summed E-state index contributed by atoms with van der Waals surface area (Å²) in [5, 5.41) is 9.84. The number of hydrogen-bond donors (Lipinski definition) is 1. The molecule has 0 rings (SSSR count). The van der Waals surface area contributed by atoms with Gasteiger partial charge in [-0.25, -0.2) is 0 Å². The smallest absolute Gasteiger partial charge is 0.305 e. The number of aliphatic hydroxyl groups excluding tert-OH is 1. The molecule has 0 aromatic carbocycles. The van der Waals surface area contributed by atoms with Gasteiger partial charge in [0.15, 0.2) is 0 Å². The lowest BCUT2D eigenvalue weighted by molar-refractivity contribution is -0.152. The van der Waals surface area contributed by atoms with Gasteiger partial charge in [-0.2, -0.15) is 0 Å². The molecule has 5 heteroatoms. The largest absolute Gasteiger partial charge is 0.463 e. The number of hydrogen-bond acceptors (Lipinski definition) is 5. The van der Waals surface area contributed by atoms with Crippen LogP contribution in [0.1, 0.15) is 142 Å². The van der Waals surface area contributed by atoms with Gasteiger partial charge in [0.05, 0.1) is 0 Å². The number of ether oxygens (including phenoxy) is 2. The highest BCUT2D eigenvalue weighted by atomic mass is 16.6. The van der Waals surface area contributed by atoms with E-state index in [1.54, 1.807) is 0 Å². The Morgan fingerprint density at radius 1 is 0.531 bits per heavy atom. The van der Waals surface area contributed by atoms with Gasteiger partial charge < -0.3 is 14.6 Å². The van der Waals surface area contributed by atoms with Gasteiger partial charge in [-0.1, -0.05) is 117 Å². The minimum atomic E-state index is -0.950. The highest BCUT2D eigenvalue weighted by Gasteiger charge is 2.12. The van der Waals surface area contributed by atoms with Crippen molar-refractivity contribution in [3.05, 3.63) is 0 Å². The first kappa shape index (κ1) is 30.9. The zero-order valence-corrected chi connectivity index (χ0v) is 21.2. The first-order valence-electron chi connectivity index (χ1n) is 13.6. The van der Waals surface area contributed by atoms with Crippen LogP contribution in [0.3, 0.4) is 0 Å². The van der Waals surface area contributed by atoms with E-state index in [0.29, 0.717) is 12.8 Å². The molecule has 0 saturated carbocycles. The summed E-state index contributed by atoms with van der Waals surface area (Å²) in [6.45, 7) is 4.22. The van der Waals surface area contributed by atoms with E-state index in [2.05, 4.69) is 13.8 Å². The molecule has 0 fully saturated rings. The maximum atomic E-state index is 11.8. The van der Waals surface area contributed by atoms with Crippen LogP contribution in [0.2, 0.25) is 0 Å². The minimum absolute atomic E-state index is 0.110. The van der Waals surface area contributed by atoms with E-state index < -0.39 is 6.10 Å². The third-order valence-electron chi connectivity index (χ3n) is 5.84. The van der Waals surface area contributed by atoms with Gasteiger partial charge >= 0.3 is 11.9 Å². The van der Waals surface area contributed by atoms with Gasteiger partial charge in [-0.15, -0.1) is 0 Å². The van der Waals surface area contributed by atoms with Crippen LogP contribution in [-0.4, -0.2) is 36.4 Å². The van der Waals surface area contributed by atoms with Crippen LogP contribution in [0.15, 0.2) is 0 Å². The van der Waals surface area contributed by atoms with Gasteiger partial charge in [0, 0.05) is 12.8 Å². The molecule has 0 aliphatic carbocycles. The van der Waals surface area contributed by atoms with Gasteiger partial charge in [0.1, 0.15) is 19.3 Å². The van der Waals surface area contributed by atoms with Gasteiger partial charge in [-0.05, 0) is 12.8 Å². The number of aliphatic hydroxyl groups is 1. The van der Waals surface area contributed by atoms with Crippen LogP contribution in [0.4, 0.5) is 0 Å². The van der Waals surface area contributed by atoms with Crippen molar-refractivity contribution in [3.8, 4) is 0 Å². The molecule has 0 radical (unpaired) electrons. The van der Waals surface area contributed by atoms with Gasteiger partial charge in [-0.3, -0.25) is 9.59 Å². The second kappa shape index (κ2) is 24.5. The quantitative estimate of drug-likeness (QED) is 0.122. The first-order valence-corrected chi connectivity index (χ1v) is 13.6. The third-order valence-corrected chi connectivity index (χ3v) is 5.84. The van der Waals surface area contributed by atoms with Crippen molar-refractivity contribution in [3.63, 3.8) is 0 Å². The van der Waals surface area contributed by atoms with Crippen LogP contribution in [-0.2, 0) is 19.1 Å². The third kappa shape index (κ3) is 23.6. The average Bonchev–Trinajstić information content (AvgIpc) is 2.79. The predicted octanol–water partition coefficient (Wildman–Crippen LogP) is 7.28. The standard InChI is InChI=1S/C27H52O5/c1-3-5-7-9-11-12-13-14-16-18-20-22-27(30)32-24-25(28)23-31-26(29)21-19-17-15-10-8-6-4-2/h25,28H,3-24H2,1-2H3/t25-/m0/s1. The van der Waals surface area contributed by atoms with E-state index in [0.717, 1.165) is 32.1 Å². The molecule has 0 spiro atoms. The maximum absolute atomic E-state index is 11.8. The summed E-state index contributed by atoms with van der Waals surface area (Å²) in [5.41, 5.74) is 0. The Hall–Kier alpha value is -1.10. The number of unbranched alkanes of at least 4 members (excludes halogenated alkanes) is 16. The van der Waals surface area contributed by atoms with Crippen molar-refractivity contribution in [1.29, 1.82) is 0 Å². The van der Waals surface area contributed by atoms with Gasteiger partial charge in [0.25, 0.3) is 0 Å². The molecule has 0 amide bonds. The number of carbonyl (C=O) groups is 2. The lowest BCUT2D eigenvalue weighted by Gasteiger charge is -2.12. The van der Waals surface area contributed by atoms with E-state index in [9.17, 15) is 14.7 Å². The monoisotopic (exact) mass is 456 g/mol. The topological polar surface area (TPSA) is 72.8 Å². The Morgan fingerprint density at radius 2 is 0.812 bits per heavy atom. The summed E-state index contributed by atoms with van der Waals surface area (Å²) in [6, 6.07) is 0. The van der Waals surface area contributed by atoms with Crippen LogP contribution < -0.4 is 0 Å². The van der Waals surface area contributed by atoms with E-state index >= 15 is 0 Å². The molecule has 190 valence electrons. The Labute approximate surface area is 198 Å². The lowest BCUT2D eigenvalue weighted by Crippen LogP contribution is -2.25. The Balaban J connectivity index is 3.43. The molecule has 0 aromatic heterocycles. The lowest BCUT2D eigenvalue weighted by atomic mass is 10.1. The van der Waals surface area contributed by atoms with Crippen molar-refractivity contribution in [1.82, 2.24) is 0 Å². The molecule has 5 nitrogen and oxygen atoms in total. The summed E-state index contributed by atoms with van der Waals surface area (Å²) in [5.74, 6) is -0.570. The fraction of sp³-hybridized carbons (Fsp3) is 0.926.